The highest BCUT2D eigenvalue weighted by Gasteiger charge is 2.24. The summed E-state index contributed by atoms with van der Waals surface area (Å²) in [7, 11) is 0. The van der Waals surface area contributed by atoms with Crippen molar-refractivity contribution in [2.24, 2.45) is 17.8 Å². The summed E-state index contributed by atoms with van der Waals surface area (Å²) in [6.45, 7) is 1.61. The summed E-state index contributed by atoms with van der Waals surface area (Å²) in [5.41, 5.74) is 4.17. The molecule has 0 aromatic heterocycles. The van der Waals surface area contributed by atoms with Gasteiger partial charge in [0.05, 0.1) is 0 Å². The van der Waals surface area contributed by atoms with Crippen molar-refractivity contribution in [3.63, 3.8) is 0 Å². The molecule has 0 aliphatic heterocycles. The molecule has 2 aliphatic carbocycles. The van der Waals surface area contributed by atoms with Crippen LogP contribution in [0.15, 0.2) is 54.4 Å². The van der Waals surface area contributed by atoms with E-state index in [1.807, 2.05) is 12.1 Å². The largest absolute Gasteiger partial charge is 0.246 e. The molecule has 2 aromatic rings. The molecule has 0 amide bonds. The Balaban J connectivity index is 1.31. The van der Waals surface area contributed by atoms with Crippen LogP contribution in [0.4, 0.5) is 13.2 Å². The maximum absolute atomic E-state index is 14.9. The third-order valence-corrected chi connectivity index (χ3v) is 8.12. The number of allylic oxidation sites excluding steroid dienone is 2. The van der Waals surface area contributed by atoms with Crippen LogP contribution in [0.25, 0.3) is 11.1 Å². The van der Waals surface area contributed by atoms with E-state index < -0.39 is 6.67 Å². The summed E-state index contributed by atoms with van der Waals surface area (Å²) in [5.74, 6) is 1.46. The van der Waals surface area contributed by atoms with Gasteiger partial charge in [-0.25, -0.2) is 13.2 Å². The Bertz CT molecular complexity index is 914. The second-order valence-corrected chi connectivity index (χ2v) is 10.4. The molecule has 0 heterocycles. The lowest BCUT2D eigenvalue weighted by Gasteiger charge is -2.27. The molecule has 2 aromatic carbocycles. The first kappa shape index (κ1) is 24.1. The van der Waals surface area contributed by atoms with Crippen LogP contribution >= 0.6 is 0 Å². The fraction of sp³-hybridized carbons (Fsp3) is 0.533. The molecule has 0 bridgehead atoms. The maximum atomic E-state index is 14.9. The van der Waals surface area contributed by atoms with Gasteiger partial charge in [-0.3, -0.25) is 0 Å². The topological polar surface area (TPSA) is 0 Å². The number of hydrogen-bond acceptors (Lipinski definition) is 0. The Hall–Kier alpha value is -2.03. The van der Waals surface area contributed by atoms with Gasteiger partial charge in [-0.2, -0.15) is 0 Å². The number of alkyl halides is 1. The fourth-order valence-electron chi connectivity index (χ4n) is 5.80. The van der Waals surface area contributed by atoms with Crippen molar-refractivity contribution < 1.29 is 13.2 Å². The highest BCUT2D eigenvalue weighted by atomic mass is 19.1. The zero-order valence-corrected chi connectivity index (χ0v) is 19.8. The number of aryl methyl sites for hydroxylation is 1. The smallest absolute Gasteiger partial charge is 0.127 e. The first-order chi connectivity index (χ1) is 16.0. The summed E-state index contributed by atoms with van der Waals surface area (Å²) in [5, 5.41) is 0. The molecule has 2 aliphatic rings. The Morgan fingerprint density at radius 3 is 2.18 bits per heavy atom. The highest BCUT2D eigenvalue weighted by Crippen LogP contribution is 2.37. The molecule has 2 saturated carbocycles. The lowest BCUT2D eigenvalue weighted by molar-refractivity contribution is 0.262. The predicted octanol–water partition coefficient (Wildman–Crippen LogP) is 9.35. The average molecular weight is 455 g/mol. The maximum Gasteiger partial charge on any atom is 0.127 e. The van der Waals surface area contributed by atoms with Gasteiger partial charge in [-0.1, -0.05) is 56.2 Å². The second kappa shape index (κ2) is 11.4. The van der Waals surface area contributed by atoms with Crippen molar-refractivity contribution >= 4 is 0 Å². The van der Waals surface area contributed by atoms with E-state index in [9.17, 15) is 13.2 Å². The molecule has 3 heteroatoms. The molecule has 0 nitrogen and oxygen atoms in total. The second-order valence-electron chi connectivity index (χ2n) is 10.4. The minimum atomic E-state index is -0.731. The van der Waals surface area contributed by atoms with Crippen LogP contribution in [0.1, 0.15) is 81.8 Å². The van der Waals surface area contributed by atoms with Crippen molar-refractivity contribution in [3.8, 4) is 11.1 Å². The lowest BCUT2D eigenvalue weighted by Crippen LogP contribution is -2.16. The Labute approximate surface area is 197 Å². The van der Waals surface area contributed by atoms with Crippen molar-refractivity contribution in [3.05, 3.63) is 71.3 Å². The van der Waals surface area contributed by atoms with Crippen molar-refractivity contribution in [2.45, 2.75) is 77.0 Å². The number of hydrogen-bond donors (Lipinski definition) is 0. The van der Waals surface area contributed by atoms with E-state index in [2.05, 4.69) is 31.2 Å². The minimum absolute atomic E-state index is 0.124. The van der Waals surface area contributed by atoms with E-state index in [1.165, 1.54) is 31.2 Å². The van der Waals surface area contributed by atoms with Gasteiger partial charge in [-0.15, -0.1) is 0 Å². The molecule has 0 saturated heterocycles. The van der Waals surface area contributed by atoms with Crippen molar-refractivity contribution in [2.75, 3.05) is 6.67 Å². The summed E-state index contributed by atoms with van der Waals surface area (Å²) in [6.07, 6.45) is 11.3. The highest BCUT2D eigenvalue weighted by molar-refractivity contribution is 5.64. The molecule has 0 atom stereocenters. The van der Waals surface area contributed by atoms with E-state index in [1.54, 1.807) is 6.07 Å². The minimum Gasteiger partial charge on any atom is -0.246 e. The normalized spacial score (nSPS) is 26.4. The first-order valence-electron chi connectivity index (χ1n) is 12.8. The molecular weight excluding hydrogens is 417 g/mol. The van der Waals surface area contributed by atoms with Crippen molar-refractivity contribution in [1.82, 2.24) is 0 Å². The van der Waals surface area contributed by atoms with Gasteiger partial charge >= 0.3 is 0 Å². The van der Waals surface area contributed by atoms with E-state index in [4.69, 9.17) is 0 Å². The average Bonchev–Trinajstić information content (AvgIpc) is 2.84. The van der Waals surface area contributed by atoms with Crippen LogP contribution in [0.2, 0.25) is 0 Å². The Morgan fingerprint density at radius 2 is 1.55 bits per heavy atom. The third-order valence-electron chi connectivity index (χ3n) is 8.12. The third kappa shape index (κ3) is 6.31. The summed E-state index contributed by atoms with van der Waals surface area (Å²) in [6, 6.07) is 14.3. The molecule has 0 unspecified atom stereocenters. The summed E-state index contributed by atoms with van der Waals surface area (Å²) < 4.78 is 41.0. The van der Waals surface area contributed by atoms with E-state index in [0.29, 0.717) is 18.3 Å². The first-order valence-corrected chi connectivity index (χ1v) is 12.8. The van der Waals surface area contributed by atoms with Crippen LogP contribution in [-0.4, -0.2) is 6.67 Å². The molecule has 4 rings (SSSR count). The molecule has 0 radical (unpaired) electrons. The Kier molecular flexibility index (Phi) is 8.33. The Morgan fingerprint density at radius 1 is 0.879 bits per heavy atom. The molecule has 2 fully saturated rings. The van der Waals surface area contributed by atoms with Crippen LogP contribution in [0.3, 0.4) is 0 Å². The van der Waals surface area contributed by atoms with Crippen LogP contribution in [-0.2, 0) is 6.42 Å². The van der Waals surface area contributed by atoms with Gasteiger partial charge in [0.25, 0.3) is 0 Å². The van der Waals surface area contributed by atoms with Crippen LogP contribution < -0.4 is 0 Å². The van der Waals surface area contributed by atoms with Crippen LogP contribution in [0, 0.1) is 23.6 Å². The summed E-state index contributed by atoms with van der Waals surface area (Å²) >= 11 is 0. The summed E-state index contributed by atoms with van der Waals surface area (Å²) in [4.78, 5) is 0. The molecular formula is C30H37F3. The standard InChI is InChI=1S/C30H37F3/c1-21-2-7-23(8-3-21)24-12-14-25(15-13-24)28-17-16-27(30(33)20-28)11-6-22-4-9-26(10-5-22)29(32)18-19-31/h12-18,20-23,26H,2-11,19H2,1H3/b29-18-. The van der Waals surface area contributed by atoms with Gasteiger partial charge in [-0.05, 0) is 104 Å². The molecule has 0 N–H and O–H groups in total. The van der Waals surface area contributed by atoms with E-state index >= 15 is 0 Å². The zero-order valence-electron chi connectivity index (χ0n) is 19.8. The van der Waals surface area contributed by atoms with Gasteiger partial charge in [0.15, 0.2) is 0 Å². The van der Waals surface area contributed by atoms with Crippen LogP contribution in [0.5, 0.6) is 0 Å². The van der Waals surface area contributed by atoms with Gasteiger partial charge in [0.2, 0.25) is 0 Å². The fourth-order valence-corrected chi connectivity index (χ4v) is 5.80. The number of halogens is 3. The van der Waals surface area contributed by atoms with Gasteiger partial charge in [0.1, 0.15) is 18.3 Å². The number of benzene rings is 2. The van der Waals surface area contributed by atoms with Gasteiger partial charge < -0.3 is 0 Å². The van der Waals surface area contributed by atoms with E-state index in [0.717, 1.165) is 60.8 Å². The lowest BCUT2D eigenvalue weighted by atomic mass is 9.79. The van der Waals surface area contributed by atoms with Crippen molar-refractivity contribution in [1.29, 1.82) is 0 Å². The predicted molar refractivity (Wildman–Crippen MR) is 131 cm³/mol. The van der Waals surface area contributed by atoms with E-state index in [-0.39, 0.29) is 17.6 Å². The quantitative estimate of drug-likeness (QED) is 0.391. The van der Waals surface area contributed by atoms with Gasteiger partial charge in [0, 0.05) is 5.92 Å². The molecule has 178 valence electrons. The molecule has 0 spiro atoms. The zero-order chi connectivity index (χ0) is 23.2. The number of rotatable bonds is 7. The molecule has 33 heavy (non-hydrogen) atoms. The SMILES string of the molecule is CC1CCC(c2ccc(-c3ccc(CCC4CCC(/C(F)=C/CF)CC4)c(F)c3)cc2)CC1. The monoisotopic (exact) mass is 454 g/mol.